The average Bonchev–Trinajstić information content (AvgIpc) is 2.83. The van der Waals surface area contributed by atoms with Gasteiger partial charge < -0.3 is 0 Å². The normalized spacial score (nSPS) is 52.8. The molecular formula is C23H40. The quantitative estimate of drug-likeness (QED) is 0.510. The highest BCUT2D eigenvalue weighted by Gasteiger charge is 2.59. The Kier molecular flexibility index (Phi) is 4.13. The fourth-order valence-electron chi connectivity index (χ4n) is 8.36. The van der Waals surface area contributed by atoms with Crippen molar-refractivity contribution < 1.29 is 0 Å². The van der Waals surface area contributed by atoms with Crippen LogP contribution in [0.5, 0.6) is 0 Å². The van der Waals surface area contributed by atoms with E-state index in [9.17, 15) is 0 Å². The van der Waals surface area contributed by atoms with Gasteiger partial charge >= 0.3 is 0 Å². The lowest BCUT2D eigenvalue weighted by molar-refractivity contribution is -0.111. The monoisotopic (exact) mass is 316 g/mol. The van der Waals surface area contributed by atoms with Crippen LogP contribution in [0.3, 0.4) is 0 Å². The molecule has 0 radical (unpaired) electrons. The van der Waals surface area contributed by atoms with E-state index in [1.807, 2.05) is 0 Å². The van der Waals surface area contributed by atoms with Crippen LogP contribution in [0.2, 0.25) is 0 Å². The highest BCUT2D eigenvalue weighted by Crippen LogP contribution is 2.67. The van der Waals surface area contributed by atoms with Gasteiger partial charge in [-0.25, -0.2) is 0 Å². The van der Waals surface area contributed by atoms with Crippen LogP contribution in [0.25, 0.3) is 0 Å². The summed E-state index contributed by atoms with van der Waals surface area (Å²) < 4.78 is 0. The van der Waals surface area contributed by atoms with Crippen molar-refractivity contribution in [2.75, 3.05) is 0 Å². The highest BCUT2D eigenvalue weighted by molar-refractivity contribution is 5.08. The van der Waals surface area contributed by atoms with Crippen molar-refractivity contribution in [3.8, 4) is 0 Å². The van der Waals surface area contributed by atoms with E-state index >= 15 is 0 Å². The minimum Gasteiger partial charge on any atom is -0.0628 e. The molecular weight excluding hydrogens is 276 g/mol. The Balaban J connectivity index is 1.57. The highest BCUT2D eigenvalue weighted by atomic mass is 14.6. The average molecular weight is 317 g/mol. The lowest BCUT2D eigenvalue weighted by atomic mass is 9.45. The van der Waals surface area contributed by atoms with Gasteiger partial charge in [0.05, 0.1) is 0 Å². The maximum atomic E-state index is 2.72. The van der Waals surface area contributed by atoms with E-state index in [2.05, 4.69) is 27.7 Å². The Morgan fingerprint density at radius 3 is 2.35 bits per heavy atom. The van der Waals surface area contributed by atoms with E-state index in [0.29, 0.717) is 5.41 Å². The van der Waals surface area contributed by atoms with Crippen LogP contribution in [0.15, 0.2) is 0 Å². The summed E-state index contributed by atoms with van der Waals surface area (Å²) in [5.74, 6) is 6.24. The first kappa shape index (κ1) is 16.5. The Labute approximate surface area is 145 Å². The van der Waals surface area contributed by atoms with Gasteiger partial charge in [-0.3, -0.25) is 0 Å². The molecule has 0 amide bonds. The predicted octanol–water partition coefficient (Wildman–Crippen LogP) is 7.08. The topological polar surface area (TPSA) is 0 Å². The number of fused-ring (bicyclic) bond motifs is 5. The Morgan fingerprint density at radius 1 is 0.783 bits per heavy atom. The third kappa shape index (κ3) is 2.44. The van der Waals surface area contributed by atoms with E-state index in [1.165, 1.54) is 19.3 Å². The van der Waals surface area contributed by atoms with Crippen LogP contribution < -0.4 is 0 Å². The van der Waals surface area contributed by atoms with Crippen LogP contribution >= 0.6 is 0 Å². The third-order valence-corrected chi connectivity index (χ3v) is 9.54. The van der Waals surface area contributed by atoms with E-state index in [1.54, 1.807) is 51.4 Å². The van der Waals surface area contributed by atoms with Crippen molar-refractivity contribution in [2.24, 2.45) is 46.3 Å². The maximum absolute atomic E-state index is 2.72. The molecule has 0 aromatic carbocycles. The van der Waals surface area contributed by atoms with Crippen molar-refractivity contribution >= 4 is 0 Å². The van der Waals surface area contributed by atoms with Crippen LogP contribution in [0, 0.1) is 46.3 Å². The van der Waals surface area contributed by atoms with Crippen LogP contribution in [-0.2, 0) is 0 Å². The minimum atomic E-state index is 0.698. The largest absolute Gasteiger partial charge is 0.0628 e. The fourth-order valence-corrected chi connectivity index (χ4v) is 8.36. The zero-order valence-corrected chi connectivity index (χ0v) is 16.2. The molecule has 4 aliphatic carbocycles. The number of hydrogen-bond donors (Lipinski definition) is 0. The molecule has 132 valence electrons. The van der Waals surface area contributed by atoms with Crippen LogP contribution in [0.1, 0.15) is 98.3 Å². The van der Waals surface area contributed by atoms with E-state index in [4.69, 9.17) is 0 Å². The van der Waals surface area contributed by atoms with Crippen molar-refractivity contribution in [1.82, 2.24) is 0 Å². The van der Waals surface area contributed by atoms with Crippen LogP contribution in [-0.4, -0.2) is 0 Å². The van der Waals surface area contributed by atoms with E-state index in [0.717, 1.165) is 40.9 Å². The first-order chi connectivity index (χ1) is 10.9. The molecule has 4 aliphatic rings. The first-order valence-corrected chi connectivity index (χ1v) is 10.9. The molecule has 0 aromatic heterocycles. The Morgan fingerprint density at radius 2 is 1.57 bits per heavy atom. The Bertz CT molecular complexity index is 437. The molecule has 23 heavy (non-hydrogen) atoms. The molecule has 0 bridgehead atoms. The molecule has 4 saturated carbocycles. The molecule has 0 aromatic rings. The van der Waals surface area contributed by atoms with Crippen molar-refractivity contribution in [1.29, 1.82) is 0 Å². The Hall–Kier alpha value is 0. The van der Waals surface area contributed by atoms with Gasteiger partial charge in [-0.1, -0.05) is 40.5 Å². The third-order valence-electron chi connectivity index (χ3n) is 9.54. The van der Waals surface area contributed by atoms with Gasteiger partial charge in [0.2, 0.25) is 0 Å². The molecule has 7 atom stereocenters. The second-order valence-corrected chi connectivity index (χ2v) is 10.9. The predicted molar refractivity (Wildman–Crippen MR) is 99.3 cm³/mol. The summed E-state index contributed by atoms with van der Waals surface area (Å²) in [5, 5.41) is 0. The van der Waals surface area contributed by atoms with Crippen molar-refractivity contribution in [3.63, 3.8) is 0 Å². The SMILES string of the molecule is CC(C)C[C@H]1CC[C@H]2[C@@H]3CCC4CCCC[C@]4(C)[C@H]3CC[C@]12C. The molecule has 4 fully saturated rings. The fraction of sp³-hybridized carbons (Fsp3) is 1.00. The summed E-state index contributed by atoms with van der Waals surface area (Å²) in [4.78, 5) is 0. The number of rotatable bonds is 2. The molecule has 1 unspecified atom stereocenters. The second-order valence-electron chi connectivity index (χ2n) is 10.9. The molecule has 0 aliphatic heterocycles. The lowest BCUT2D eigenvalue weighted by Crippen LogP contribution is -2.52. The van der Waals surface area contributed by atoms with Gasteiger partial charge in [-0.15, -0.1) is 0 Å². The maximum Gasteiger partial charge on any atom is -0.0266 e. The summed E-state index contributed by atoms with van der Waals surface area (Å²) in [6.07, 6.45) is 17.0. The summed E-state index contributed by atoms with van der Waals surface area (Å²) in [7, 11) is 0. The molecule has 0 saturated heterocycles. The first-order valence-electron chi connectivity index (χ1n) is 10.9. The summed E-state index contributed by atoms with van der Waals surface area (Å²) in [6.45, 7) is 10.3. The van der Waals surface area contributed by atoms with Gasteiger partial charge in [-0.05, 0) is 104 Å². The zero-order valence-electron chi connectivity index (χ0n) is 16.2. The molecule has 0 spiro atoms. The van der Waals surface area contributed by atoms with Gasteiger partial charge in [0, 0.05) is 0 Å². The molecule has 0 nitrogen and oxygen atoms in total. The van der Waals surface area contributed by atoms with Crippen molar-refractivity contribution in [2.45, 2.75) is 98.3 Å². The number of hydrogen-bond acceptors (Lipinski definition) is 0. The standard InChI is InChI=1S/C23H40/c1-16(2)15-18-9-11-20-19-10-8-17-7-5-6-13-22(17,3)21(19)12-14-23(18,20)4/h16-21H,5-15H2,1-4H3/t17?,18-,19+,20+,21+,22+,23-/m1/s1. The van der Waals surface area contributed by atoms with Gasteiger partial charge in [0.15, 0.2) is 0 Å². The molecule has 4 rings (SSSR count). The lowest BCUT2D eigenvalue weighted by Gasteiger charge is -2.60. The zero-order chi connectivity index (χ0) is 16.2. The van der Waals surface area contributed by atoms with E-state index in [-0.39, 0.29) is 0 Å². The van der Waals surface area contributed by atoms with Gasteiger partial charge in [0.1, 0.15) is 0 Å². The van der Waals surface area contributed by atoms with Crippen LogP contribution in [0.4, 0.5) is 0 Å². The summed E-state index contributed by atoms with van der Waals surface area (Å²) in [5.41, 5.74) is 1.42. The smallest absolute Gasteiger partial charge is 0.0266 e. The summed E-state index contributed by atoms with van der Waals surface area (Å²) >= 11 is 0. The van der Waals surface area contributed by atoms with Gasteiger partial charge in [-0.2, -0.15) is 0 Å². The molecule has 0 N–H and O–H groups in total. The van der Waals surface area contributed by atoms with E-state index < -0.39 is 0 Å². The summed E-state index contributed by atoms with van der Waals surface area (Å²) in [6, 6.07) is 0. The molecule has 0 heterocycles. The van der Waals surface area contributed by atoms with Gasteiger partial charge in [0.25, 0.3) is 0 Å². The molecule has 0 heteroatoms. The van der Waals surface area contributed by atoms with Crippen molar-refractivity contribution in [3.05, 3.63) is 0 Å². The second kappa shape index (κ2) is 5.77. The minimum absolute atomic E-state index is 0.698.